The van der Waals surface area contributed by atoms with E-state index in [2.05, 4.69) is 4.98 Å². The summed E-state index contributed by atoms with van der Waals surface area (Å²) < 4.78 is 4.92. The van der Waals surface area contributed by atoms with Crippen LogP contribution in [0.3, 0.4) is 0 Å². The molecule has 0 radical (unpaired) electrons. The summed E-state index contributed by atoms with van der Waals surface area (Å²) in [7, 11) is 1.49. The van der Waals surface area contributed by atoms with Crippen molar-refractivity contribution in [1.82, 2.24) is 9.88 Å². The summed E-state index contributed by atoms with van der Waals surface area (Å²) in [5.41, 5.74) is 0.479. The van der Waals surface area contributed by atoms with E-state index in [0.717, 1.165) is 10.9 Å². The van der Waals surface area contributed by atoms with E-state index in [1.54, 1.807) is 19.9 Å². The Morgan fingerprint density at radius 3 is 2.72 bits per heavy atom. The predicted molar refractivity (Wildman–Crippen MR) is 94.2 cm³/mol. The Bertz CT molecular complexity index is 866. The molecule has 6 nitrogen and oxygen atoms in total. The molecule has 0 unspecified atom stereocenters. The highest BCUT2D eigenvalue weighted by molar-refractivity contribution is 5.89. The van der Waals surface area contributed by atoms with Crippen LogP contribution < -0.4 is 0 Å². The number of amides is 1. The summed E-state index contributed by atoms with van der Waals surface area (Å²) in [5, 5.41) is 10.0. The minimum atomic E-state index is -0.964. The summed E-state index contributed by atoms with van der Waals surface area (Å²) in [6.07, 6.45) is 2.75. The number of fused-ring (bicyclic) bond motifs is 1. The van der Waals surface area contributed by atoms with Crippen LogP contribution in [0.1, 0.15) is 19.5 Å². The van der Waals surface area contributed by atoms with E-state index in [-0.39, 0.29) is 0 Å². The average Bonchev–Trinajstić information content (AvgIpc) is 2.63. The number of likely N-dealkylation sites (N-methyl/N-ethyl adjacent to an activating group) is 1. The van der Waals surface area contributed by atoms with Gasteiger partial charge in [-0.05, 0) is 32.1 Å². The summed E-state index contributed by atoms with van der Waals surface area (Å²) in [4.78, 5) is 29.3. The lowest BCUT2D eigenvalue weighted by atomic mass is 10.1. The maximum absolute atomic E-state index is 11.9. The fraction of sp³-hybridized carbons (Fsp3) is 0.263. The zero-order valence-corrected chi connectivity index (χ0v) is 14.4. The highest BCUT2D eigenvalue weighted by atomic mass is 16.5. The number of carbonyl (C=O) groups excluding carboxylic acids is 2. The molecular formula is C19H19N3O3. The lowest BCUT2D eigenvalue weighted by molar-refractivity contribution is -0.149. The number of nitrogens with zero attached hydrogens (tertiary/aromatic N) is 3. The van der Waals surface area contributed by atoms with Crippen LogP contribution in [0.2, 0.25) is 0 Å². The van der Waals surface area contributed by atoms with Crippen LogP contribution in [-0.2, 0) is 14.3 Å². The third kappa shape index (κ3) is 4.64. The second-order valence-corrected chi connectivity index (χ2v) is 5.99. The van der Waals surface area contributed by atoms with Gasteiger partial charge in [-0.3, -0.25) is 4.79 Å². The molecule has 2 aromatic rings. The maximum Gasteiger partial charge on any atom is 0.331 e. The number of rotatable bonds is 5. The van der Waals surface area contributed by atoms with Crippen LogP contribution in [0.5, 0.6) is 0 Å². The Hall–Kier alpha value is -3.20. The van der Waals surface area contributed by atoms with Gasteiger partial charge in [0.2, 0.25) is 0 Å². The monoisotopic (exact) mass is 337 g/mol. The zero-order chi connectivity index (χ0) is 18.4. The van der Waals surface area contributed by atoms with E-state index in [1.807, 2.05) is 36.4 Å². The van der Waals surface area contributed by atoms with Crippen LogP contribution >= 0.6 is 0 Å². The number of pyridine rings is 1. The Balaban J connectivity index is 1.94. The van der Waals surface area contributed by atoms with Crippen molar-refractivity contribution in [3.63, 3.8) is 0 Å². The van der Waals surface area contributed by atoms with Gasteiger partial charge in [0.05, 0.1) is 17.3 Å². The lowest BCUT2D eigenvalue weighted by Crippen LogP contribution is -2.45. The van der Waals surface area contributed by atoms with Crippen molar-refractivity contribution in [3.05, 3.63) is 48.2 Å². The molecule has 0 bridgehead atoms. The minimum absolute atomic E-state index is 0.421. The van der Waals surface area contributed by atoms with Gasteiger partial charge in [-0.2, -0.15) is 5.26 Å². The first-order chi connectivity index (χ1) is 11.8. The van der Waals surface area contributed by atoms with Crippen LogP contribution in [0.25, 0.3) is 17.0 Å². The summed E-state index contributed by atoms with van der Waals surface area (Å²) in [6, 6.07) is 13.4. The molecule has 1 aromatic heterocycles. The average molecular weight is 337 g/mol. The van der Waals surface area contributed by atoms with E-state index >= 15 is 0 Å². The third-order valence-corrected chi connectivity index (χ3v) is 3.83. The van der Waals surface area contributed by atoms with Gasteiger partial charge in [0.15, 0.2) is 6.61 Å². The normalized spacial score (nSPS) is 11.3. The van der Waals surface area contributed by atoms with Gasteiger partial charge in [0, 0.05) is 18.5 Å². The highest BCUT2D eigenvalue weighted by Crippen LogP contribution is 2.13. The second kappa shape index (κ2) is 7.58. The molecule has 0 aliphatic carbocycles. The van der Waals surface area contributed by atoms with Crippen molar-refractivity contribution in [1.29, 1.82) is 5.26 Å². The number of nitriles is 1. The van der Waals surface area contributed by atoms with Crippen LogP contribution in [0, 0.1) is 11.3 Å². The molecule has 0 fully saturated rings. The van der Waals surface area contributed by atoms with Crippen LogP contribution in [0.4, 0.5) is 0 Å². The Labute approximate surface area is 146 Å². The molecule has 2 rings (SSSR count). The molecule has 0 aliphatic heterocycles. The number of hydrogen-bond donors (Lipinski definition) is 0. The molecule has 0 saturated heterocycles. The van der Waals surface area contributed by atoms with E-state index in [0.29, 0.717) is 5.69 Å². The molecular weight excluding hydrogens is 318 g/mol. The molecule has 1 heterocycles. The molecule has 0 saturated carbocycles. The van der Waals surface area contributed by atoms with Gasteiger partial charge in [0.1, 0.15) is 5.54 Å². The SMILES string of the molecule is CN(C(=O)COC(=O)/C=C/c1ccc2ccccc2n1)C(C)(C)C#N. The molecule has 1 amide bonds. The molecule has 0 aliphatic rings. The topological polar surface area (TPSA) is 83.3 Å². The quantitative estimate of drug-likeness (QED) is 0.618. The Kier molecular flexibility index (Phi) is 5.50. The molecule has 6 heteroatoms. The standard InChI is InChI=1S/C19H19N3O3/c1-19(2,13-20)22(3)17(23)12-25-18(24)11-10-15-9-8-14-6-4-5-7-16(14)21-15/h4-11H,12H2,1-3H3/b11-10+. The first-order valence-electron chi connectivity index (χ1n) is 7.72. The lowest BCUT2D eigenvalue weighted by Gasteiger charge is -2.28. The van der Waals surface area contributed by atoms with Crippen LogP contribution in [0.15, 0.2) is 42.5 Å². The van der Waals surface area contributed by atoms with E-state index in [4.69, 9.17) is 10.00 Å². The van der Waals surface area contributed by atoms with Gasteiger partial charge in [-0.1, -0.05) is 24.3 Å². The molecule has 25 heavy (non-hydrogen) atoms. The third-order valence-electron chi connectivity index (χ3n) is 3.83. The van der Waals surface area contributed by atoms with Crippen molar-refractivity contribution in [2.45, 2.75) is 19.4 Å². The minimum Gasteiger partial charge on any atom is -0.452 e. The zero-order valence-electron chi connectivity index (χ0n) is 14.4. The summed E-state index contributed by atoms with van der Waals surface area (Å²) in [5.74, 6) is -1.09. The Morgan fingerprint density at radius 2 is 2.00 bits per heavy atom. The van der Waals surface area contributed by atoms with Crippen molar-refractivity contribution < 1.29 is 14.3 Å². The van der Waals surface area contributed by atoms with Gasteiger partial charge in [0.25, 0.3) is 5.91 Å². The molecule has 128 valence electrons. The fourth-order valence-electron chi connectivity index (χ4n) is 1.99. The maximum atomic E-state index is 11.9. The molecule has 0 N–H and O–H groups in total. The number of carbonyl (C=O) groups is 2. The molecule has 0 atom stereocenters. The van der Waals surface area contributed by atoms with Crippen molar-refractivity contribution in [3.8, 4) is 6.07 Å². The number of benzene rings is 1. The fourth-order valence-corrected chi connectivity index (χ4v) is 1.99. The molecule has 1 aromatic carbocycles. The van der Waals surface area contributed by atoms with Gasteiger partial charge < -0.3 is 9.64 Å². The number of para-hydroxylation sites is 1. The van der Waals surface area contributed by atoms with Crippen molar-refractivity contribution in [2.24, 2.45) is 0 Å². The summed E-state index contributed by atoms with van der Waals surface area (Å²) in [6.45, 7) is 2.80. The largest absolute Gasteiger partial charge is 0.452 e. The molecule has 0 spiro atoms. The predicted octanol–water partition coefficient (Wildman–Crippen LogP) is 2.55. The van der Waals surface area contributed by atoms with E-state index in [9.17, 15) is 9.59 Å². The van der Waals surface area contributed by atoms with Crippen molar-refractivity contribution >= 4 is 28.9 Å². The van der Waals surface area contributed by atoms with E-state index in [1.165, 1.54) is 24.1 Å². The first kappa shape index (κ1) is 18.1. The Morgan fingerprint density at radius 1 is 1.28 bits per heavy atom. The van der Waals surface area contributed by atoms with Gasteiger partial charge in [-0.25, -0.2) is 9.78 Å². The second-order valence-electron chi connectivity index (χ2n) is 5.99. The number of hydrogen-bond acceptors (Lipinski definition) is 5. The highest BCUT2D eigenvalue weighted by Gasteiger charge is 2.27. The smallest absolute Gasteiger partial charge is 0.331 e. The summed E-state index contributed by atoms with van der Waals surface area (Å²) >= 11 is 0. The van der Waals surface area contributed by atoms with E-state index < -0.39 is 24.0 Å². The number of esters is 1. The van der Waals surface area contributed by atoms with Gasteiger partial charge >= 0.3 is 5.97 Å². The van der Waals surface area contributed by atoms with Gasteiger partial charge in [-0.15, -0.1) is 0 Å². The number of ether oxygens (including phenoxy) is 1. The first-order valence-corrected chi connectivity index (χ1v) is 7.72. The van der Waals surface area contributed by atoms with Crippen LogP contribution in [-0.4, -0.2) is 41.0 Å². The van der Waals surface area contributed by atoms with Crippen molar-refractivity contribution in [2.75, 3.05) is 13.7 Å². The number of aromatic nitrogens is 1.